The van der Waals surface area contributed by atoms with Gasteiger partial charge in [-0.15, -0.1) is 0 Å². The minimum Gasteiger partial charge on any atom is -0.493 e. The highest BCUT2D eigenvalue weighted by atomic mass is 35.5. The molecule has 1 fully saturated rings. The van der Waals surface area contributed by atoms with Gasteiger partial charge in [0.1, 0.15) is 0 Å². The van der Waals surface area contributed by atoms with Crippen LogP contribution in [-0.2, 0) is 10.2 Å². The molecule has 1 aliphatic carbocycles. The average Bonchev–Trinajstić information content (AvgIpc) is 2.57. The van der Waals surface area contributed by atoms with Gasteiger partial charge in [0.2, 0.25) is 5.91 Å². The zero-order valence-corrected chi connectivity index (χ0v) is 15.2. The Morgan fingerprint density at radius 1 is 1.16 bits per heavy atom. The number of carbonyl (C=O) groups is 1. The van der Waals surface area contributed by atoms with E-state index in [1.807, 2.05) is 43.3 Å². The third-order valence-electron chi connectivity index (χ3n) is 4.76. The third kappa shape index (κ3) is 3.45. The monoisotopic (exact) mass is 359 g/mol. The van der Waals surface area contributed by atoms with E-state index >= 15 is 0 Å². The maximum absolute atomic E-state index is 13.0. The highest BCUT2D eigenvalue weighted by Gasteiger charge is 2.45. The fourth-order valence-electron chi connectivity index (χ4n) is 3.22. The van der Waals surface area contributed by atoms with Crippen molar-refractivity contribution in [3.8, 4) is 11.5 Å². The van der Waals surface area contributed by atoms with Crippen molar-refractivity contribution in [2.75, 3.05) is 19.0 Å². The molecule has 0 aromatic heterocycles. The molecule has 0 aliphatic heterocycles. The van der Waals surface area contributed by atoms with Crippen LogP contribution in [0.15, 0.2) is 42.5 Å². The average molecular weight is 360 g/mol. The van der Waals surface area contributed by atoms with Gasteiger partial charge < -0.3 is 14.8 Å². The lowest BCUT2D eigenvalue weighted by atomic mass is 9.64. The van der Waals surface area contributed by atoms with Crippen LogP contribution in [0.1, 0.15) is 31.7 Å². The maximum atomic E-state index is 13.0. The van der Waals surface area contributed by atoms with Crippen LogP contribution < -0.4 is 14.8 Å². The molecule has 0 spiro atoms. The van der Waals surface area contributed by atoms with E-state index in [4.69, 9.17) is 21.1 Å². The van der Waals surface area contributed by atoms with Gasteiger partial charge in [0, 0.05) is 16.8 Å². The van der Waals surface area contributed by atoms with Gasteiger partial charge in [-0.3, -0.25) is 4.79 Å². The number of hydrogen-bond acceptors (Lipinski definition) is 3. The van der Waals surface area contributed by atoms with Crippen molar-refractivity contribution in [1.82, 2.24) is 0 Å². The van der Waals surface area contributed by atoms with Crippen molar-refractivity contribution in [1.29, 1.82) is 0 Å². The lowest BCUT2D eigenvalue weighted by Crippen LogP contribution is -2.46. The van der Waals surface area contributed by atoms with E-state index in [1.165, 1.54) is 0 Å². The molecule has 0 saturated heterocycles. The highest BCUT2D eigenvalue weighted by molar-refractivity contribution is 6.30. The summed E-state index contributed by atoms with van der Waals surface area (Å²) in [7, 11) is 1.59. The van der Waals surface area contributed by atoms with Crippen LogP contribution in [0.2, 0.25) is 5.02 Å². The first kappa shape index (κ1) is 17.6. The maximum Gasteiger partial charge on any atom is 0.235 e. The summed E-state index contributed by atoms with van der Waals surface area (Å²) in [6.45, 7) is 2.48. The van der Waals surface area contributed by atoms with Crippen LogP contribution in [0, 0.1) is 0 Å². The molecule has 2 aromatic carbocycles. The van der Waals surface area contributed by atoms with E-state index in [1.54, 1.807) is 13.2 Å². The first-order valence-electron chi connectivity index (χ1n) is 8.47. The van der Waals surface area contributed by atoms with Crippen molar-refractivity contribution < 1.29 is 14.3 Å². The molecule has 1 amide bonds. The van der Waals surface area contributed by atoms with Crippen molar-refractivity contribution in [2.45, 2.75) is 31.6 Å². The molecule has 0 radical (unpaired) electrons. The van der Waals surface area contributed by atoms with Crippen LogP contribution in [-0.4, -0.2) is 19.6 Å². The van der Waals surface area contributed by atoms with Gasteiger partial charge in [0.05, 0.1) is 19.1 Å². The molecule has 0 atom stereocenters. The molecule has 0 bridgehead atoms. The Balaban J connectivity index is 1.82. The number of carbonyl (C=O) groups excluding carboxylic acids is 1. The fourth-order valence-corrected chi connectivity index (χ4v) is 3.34. The highest BCUT2D eigenvalue weighted by Crippen LogP contribution is 2.45. The number of benzene rings is 2. The van der Waals surface area contributed by atoms with Crippen molar-refractivity contribution in [2.24, 2.45) is 0 Å². The van der Waals surface area contributed by atoms with E-state index in [9.17, 15) is 4.79 Å². The van der Waals surface area contributed by atoms with Crippen LogP contribution in [0.5, 0.6) is 11.5 Å². The van der Waals surface area contributed by atoms with Gasteiger partial charge in [-0.1, -0.05) is 30.2 Å². The summed E-state index contributed by atoms with van der Waals surface area (Å²) in [6, 6.07) is 13.0. The largest absolute Gasteiger partial charge is 0.493 e. The van der Waals surface area contributed by atoms with E-state index in [2.05, 4.69) is 5.32 Å². The summed E-state index contributed by atoms with van der Waals surface area (Å²) in [5, 5.41) is 3.71. The molecule has 1 saturated carbocycles. The van der Waals surface area contributed by atoms with Gasteiger partial charge >= 0.3 is 0 Å². The van der Waals surface area contributed by atoms with Gasteiger partial charge in [0.15, 0.2) is 11.5 Å². The number of rotatable bonds is 6. The predicted molar refractivity (Wildman–Crippen MR) is 99.8 cm³/mol. The second-order valence-electron chi connectivity index (χ2n) is 6.20. The van der Waals surface area contributed by atoms with Crippen molar-refractivity contribution in [3.63, 3.8) is 0 Å². The molecular formula is C20H22ClNO3. The molecule has 4 nitrogen and oxygen atoms in total. The number of hydrogen-bond donors (Lipinski definition) is 1. The first-order chi connectivity index (χ1) is 12.1. The Hall–Kier alpha value is -2.20. The number of nitrogens with one attached hydrogen (secondary N) is 1. The van der Waals surface area contributed by atoms with Crippen molar-refractivity contribution >= 4 is 23.2 Å². The zero-order valence-electron chi connectivity index (χ0n) is 14.5. The Morgan fingerprint density at radius 3 is 2.44 bits per heavy atom. The fraction of sp³-hybridized carbons (Fsp3) is 0.350. The molecule has 25 heavy (non-hydrogen) atoms. The molecule has 1 aliphatic rings. The topological polar surface area (TPSA) is 47.6 Å². The molecule has 1 N–H and O–H groups in total. The Kier molecular flexibility index (Phi) is 5.19. The van der Waals surface area contributed by atoms with Gasteiger partial charge in [-0.25, -0.2) is 0 Å². The standard InChI is InChI=1S/C20H22ClNO3/c1-3-25-17-10-9-16(13-18(17)24-2)22-19(23)20(11-4-12-20)14-5-7-15(21)8-6-14/h5-10,13H,3-4,11-12H2,1-2H3,(H,22,23). The van der Waals surface area contributed by atoms with Crippen LogP contribution in [0.4, 0.5) is 5.69 Å². The van der Waals surface area contributed by atoms with Crippen molar-refractivity contribution in [3.05, 3.63) is 53.1 Å². The minimum absolute atomic E-state index is 0.00675. The lowest BCUT2D eigenvalue weighted by Gasteiger charge is -2.40. The summed E-state index contributed by atoms with van der Waals surface area (Å²) in [4.78, 5) is 13.0. The number of amides is 1. The molecule has 132 valence electrons. The molecule has 0 unspecified atom stereocenters. The molecule has 2 aromatic rings. The van der Waals surface area contributed by atoms with Crippen LogP contribution in [0.25, 0.3) is 0 Å². The van der Waals surface area contributed by atoms with E-state index in [-0.39, 0.29) is 5.91 Å². The quantitative estimate of drug-likeness (QED) is 0.805. The lowest BCUT2D eigenvalue weighted by molar-refractivity contribution is -0.124. The zero-order chi connectivity index (χ0) is 17.9. The first-order valence-corrected chi connectivity index (χ1v) is 8.85. The van der Waals surface area contributed by atoms with E-state index < -0.39 is 5.41 Å². The van der Waals surface area contributed by atoms with E-state index in [0.717, 1.165) is 24.8 Å². The normalized spacial score (nSPS) is 15.2. The number of halogens is 1. The third-order valence-corrected chi connectivity index (χ3v) is 5.01. The number of methoxy groups -OCH3 is 1. The number of ether oxygens (including phenoxy) is 2. The van der Waals surface area contributed by atoms with Gasteiger partial charge in [-0.2, -0.15) is 0 Å². The van der Waals surface area contributed by atoms with E-state index in [0.29, 0.717) is 28.8 Å². The SMILES string of the molecule is CCOc1ccc(NC(=O)C2(c3ccc(Cl)cc3)CCC2)cc1OC. The smallest absolute Gasteiger partial charge is 0.235 e. The molecular weight excluding hydrogens is 338 g/mol. The number of anilines is 1. The summed E-state index contributed by atoms with van der Waals surface area (Å²) in [5.74, 6) is 1.28. The molecule has 0 heterocycles. The minimum atomic E-state index is -0.476. The molecule has 5 heteroatoms. The molecule has 3 rings (SSSR count). The summed E-state index contributed by atoms with van der Waals surface area (Å²) >= 11 is 5.98. The van der Waals surface area contributed by atoms with Gasteiger partial charge in [-0.05, 0) is 49.6 Å². The summed E-state index contributed by atoms with van der Waals surface area (Å²) < 4.78 is 10.9. The predicted octanol–water partition coefficient (Wildman–Crippen LogP) is 4.81. The van der Waals surface area contributed by atoms with Gasteiger partial charge in [0.25, 0.3) is 0 Å². The van der Waals surface area contributed by atoms with Crippen LogP contribution in [0.3, 0.4) is 0 Å². The summed E-state index contributed by atoms with van der Waals surface area (Å²) in [6.07, 6.45) is 2.73. The van der Waals surface area contributed by atoms with Crippen LogP contribution >= 0.6 is 11.6 Å². The Morgan fingerprint density at radius 2 is 1.88 bits per heavy atom. The second-order valence-corrected chi connectivity index (χ2v) is 6.63. The second kappa shape index (κ2) is 7.36. The Bertz CT molecular complexity index is 754. The Labute approximate surface area is 153 Å². The summed E-state index contributed by atoms with van der Waals surface area (Å²) in [5.41, 5.74) is 1.24.